The maximum absolute atomic E-state index is 13.9. The number of ether oxygens (including phenoxy) is 3. The molecule has 3 saturated heterocycles. The molecule has 12 nitrogen and oxygen atoms in total. The van der Waals surface area contributed by atoms with Gasteiger partial charge in [-0.1, -0.05) is 56.3 Å². The number of hydrogen-bond acceptors (Lipinski definition) is 9. The molecule has 3 aliphatic rings. The largest absolute Gasteiger partial charge is 0.443 e. The van der Waals surface area contributed by atoms with Crippen molar-refractivity contribution in [3.63, 3.8) is 0 Å². The van der Waals surface area contributed by atoms with Crippen LogP contribution in [0.3, 0.4) is 0 Å². The fraction of sp³-hybridized carbons (Fsp3) is 0.576. The Kier molecular flexibility index (Phi) is 11.7. The second-order valence-corrected chi connectivity index (χ2v) is 14.6. The van der Waals surface area contributed by atoms with Gasteiger partial charge >= 0.3 is 6.09 Å². The second-order valence-electron chi connectivity index (χ2n) is 12.7. The number of nitrogens with zero attached hydrogens (tertiary/aromatic N) is 1. The van der Waals surface area contributed by atoms with Crippen LogP contribution in [0.4, 0.5) is 4.79 Å². The van der Waals surface area contributed by atoms with E-state index in [2.05, 4.69) is 16.0 Å². The lowest BCUT2D eigenvalue weighted by Crippen LogP contribution is -2.51. The van der Waals surface area contributed by atoms with Crippen LogP contribution in [0.5, 0.6) is 0 Å². The summed E-state index contributed by atoms with van der Waals surface area (Å²) in [5.74, 6) is -0.140. The Morgan fingerprint density at radius 1 is 1.04 bits per heavy atom. The highest BCUT2D eigenvalue weighted by atomic mass is 32.2. The predicted molar refractivity (Wildman–Crippen MR) is 170 cm³/mol. The zero-order chi connectivity index (χ0) is 32.7. The number of carbonyl (C=O) groups is 2. The van der Waals surface area contributed by atoms with Gasteiger partial charge < -0.3 is 35.3 Å². The van der Waals surface area contributed by atoms with Gasteiger partial charge in [0.25, 0.3) is 0 Å². The number of rotatable bonds is 14. The summed E-state index contributed by atoms with van der Waals surface area (Å²) in [5.41, 5.74) is 1.64. The molecule has 2 amide bonds. The fourth-order valence-corrected chi connectivity index (χ4v) is 7.81. The molecule has 3 heterocycles. The number of fused-ring (bicyclic) bond motifs is 1. The Bertz CT molecular complexity index is 1400. The molecule has 5 rings (SSSR count). The Balaban J connectivity index is 1.26. The van der Waals surface area contributed by atoms with Crippen LogP contribution in [-0.4, -0.2) is 93.3 Å². The summed E-state index contributed by atoms with van der Waals surface area (Å²) in [7, 11) is -4.01. The average molecular weight is 659 g/mol. The van der Waals surface area contributed by atoms with Gasteiger partial charge in [0.15, 0.2) is 6.29 Å². The third kappa shape index (κ3) is 8.84. The number of aliphatic hydroxyl groups excluding tert-OH is 1. The highest BCUT2D eigenvalue weighted by molar-refractivity contribution is 7.89. The first-order valence-electron chi connectivity index (χ1n) is 16.1. The van der Waals surface area contributed by atoms with Gasteiger partial charge in [-0.15, -0.1) is 0 Å². The Hall–Kier alpha value is -3.07. The van der Waals surface area contributed by atoms with E-state index in [1.807, 2.05) is 44.2 Å². The predicted octanol–water partition coefficient (Wildman–Crippen LogP) is 2.16. The lowest BCUT2D eigenvalue weighted by Gasteiger charge is -2.31. The monoisotopic (exact) mass is 658 g/mol. The number of carbonyl (C=O) groups excluding carboxylic acids is 2. The van der Waals surface area contributed by atoms with Crippen LogP contribution in [0.2, 0.25) is 0 Å². The van der Waals surface area contributed by atoms with E-state index in [4.69, 9.17) is 14.2 Å². The molecule has 0 spiro atoms. The van der Waals surface area contributed by atoms with Crippen LogP contribution in [0.25, 0.3) is 0 Å². The Morgan fingerprint density at radius 3 is 2.50 bits per heavy atom. The van der Waals surface area contributed by atoms with Crippen LogP contribution in [-0.2, 0) is 42.0 Å². The summed E-state index contributed by atoms with van der Waals surface area (Å²) < 4.78 is 45.9. The summed E-state index contributed by atoms with van der Waals surface area (Å²) in [6.07, 6.45) is -0.0288. The van der Waals surface area contributed by atoms with E-state index in [1.54, 1.807) is 12.1 Å². The van der Waals surface area contributed by atoms with Gasteiger partial charge in [0.05, 0.1) is 42.2 Å². The molecule has 0 aromatic heterocycles. The van der Waals surface area contributed by atoms with E-state index in [0.29, 0.717) is 6.61 Å². The third-order valence-electron chi connectivity index (χ3n) is 8.67. The summed E-state index contributed by atoms with van der Waals surface area (Å²) in [6.45, 7) is 5.62. The third-order valence-corrected chi connectivity index (χ3v) is 10.5. The summed E-state index contributed by atoms with van der Waals surface area (Å²) in [5, 5.41) is 20.4. The molecular formula is C33H46N4O8S. The molecule has 0 saturated carbocycles. The normalized spacial score (nSPS) is 24.1. The summed E-state index contributed by atoms with van der Waals surface area (Å²) in [6, 6.07) is 14.7. The van der Waals surface area contributed by atoms with Crippen molar-refractivity contribution < 1.29 is 37.3 Å². The Morgan fingerprint density at radius 2 is 1.80 bits per heavy atom. The fourth-order valence-electron chi connectivity index (χ4n) is 6.18. The average Bonchev–Trinajstić information content (AvgIpc) is 3.81. The van der Waals surface area contributed by atoms with E-state index in [1.165, 1.54) is 16.4 Å². The summed E-state index contributed by atoms with van der Waals surface area (Å²) in [4.78, 5) is 25.5. The molecule has 4 N–H and O–H groups in total. The first-order valence-corrected chi connectivity index (χ1v) is 17.6. The lowest BCUT2D eigenvalue weighted by molar-refractivity contribution is -0.122. The van der Waals surface area contributed by atoms with Crippen LogP contribution in [0.1, 0.15) is 44.2 Å². The zero-order valence-electron chi connectivity index (χ0n) is 26.5. The number of hydrogen-bond donors (Lipinski definition) is 4. The first-order chi connectivity index (χ1) is 22.1. The minimum atomic E-state index is -4.01. The number of alkyl carbamates (subject to hydrolysis) is 1. The molecule has 6 atom stereocenters. The highest BCUT2D eigenvalue weighted by Gasteiger charge is 2.44. The van der Waals surface area contributed by atoms with Gasteiger partial charge in [-0.2, -0.15) is 4.31 Å². The molecule has 1 unspecified atom stereocenters. The minimum absolute atomic E-state index is 0.0323. The second kappa shape index (κ2) is 15.7. The Labute approximate surface area is 271 Å². The van der Waals surface area contributed by atoms with E-state index in [0.717, 1.165) is 36.9 Å². The van der Waals surface area contributed by atoms with E-state index in [-0.39, 0.29) is 67.6 Å². The molecule has 0 aliphatic carbocycles. The van der Waals surface area contributed by atoms with Crippen molar-refractivity contribution in [2.45, 2.75) is 81.6 Å². The molecule has 252 valence electrons. The molecule has 3 fully saturated rings. The van der Waals surface area contributed by atoms with Crippen molar-refractivity contribution in [2.75, 3.05) is 32.8 Å². The van der Waals surface area contributed by atoms with Crippen LogP contribution >= 0.6 is 0 Å². The van der Waals surface area contributed by atoms with Gasteiger partial charge in [0.2, 0.25) is 15.9 Å². The van der Waals surface area contributed by atoms with E-state index >= 15 is 0 Å². The van der Waals surface area contributed by atoms with Crippen molar-refractivity contribution in [3.05, 3.63) is 65.7 Å². The number of amides is 2. The van der Waals surface area contributed by atoms with Crippen LogP contribution in [0, 0.1) is 11.8 Å². The van der Waals surface area contributed by atoms with Crippen molar-refractivity contribution in [2.24, 2.45) is 11.8 Å². The molecule has 2 aromatic rings. The van der Waals surface area contributed by atoms with E-state index < -0.39 is 34.4 Å². The van der Waals surface area contributed by atoms with Gasteiger partial charge in [-0.3, -0.25) is 4.79 Å². The molecule has 0 bridgehead atoms. The van der Waals surface area contributed by atoms with Crippen molar-refractivity contribution in [1.29, 1.82) is 0 Å². The summed E-state index contributed by atoms with van der Waals surface area (Å²) >= 11 is 0. The quantitative estimate of drug-likeness (QED) is 0.239. The van der Waals surface area contributed by atoms with Crippen LogP contribution < -0.4 is 16.0 Å². The topological polar surface area (TPSA) is 156 Å². The molecule has 0 radical (unpaired) electrons. The van der Waals surface area contributed by atoms with Crippen molar-refractivity contribution >= 4 is 22.0 Å². The lowest BCUT2D eigenvalue weighted by atomic mass is 10.0. The number of benzene rings is 2. The highest BCUT2D eigenvalue weighted by Crippen LogP contribution is 2.33. The number of sulfonamides is 1. The van der Waals surface area contributed by atoms with Gasteiger partial charge in [0, 0.05) is 19.6 Å². The standard InChI is InChI=1S/C33H46N4O8S/c1-22(2)19-37(46(41,42)25-12-10-24(11-13-25)18-35-31(39)27-9-6-15-34-27)20-29(38)28(17-23-7-4-3-5-8-23)36-33(40)45-30-21-44-32-26(30)14-16-43-32/h3-5,7-8,10-13,22,26-30,32,34,38H,6,9,14-21H2,1-2H3,(H,35,39)(H,36,40)/t26-,27-,28-,29+,30?,32+/m0/s1. The maximum atomic E-state index is 13.9. The first kappa shape index (κ1) is 34.3. The molecule has 13 heteroatoms. The molecular weight excluding hydrogens is 612 g/mol. The zero-order valence-corrected chi connectivity index (χ0v) is 27.3. The minimum Gasteiger partial charge on any atom is -0.443 e. The molecule has 2 aromatic carbocycles. The SMILES string of the molecule is CC(C)CN(C[C@@H](O)[C@H](Cc1ccccc1)NC(=O)OC1CO[C@H]2OCC[C@@H]12)S(=O)(=O)c1ccc(CNC(=O)[C@@H]2CCCN2)cc1. The van der Waals surface area contributed by atoms with Crippen molar-refractivity contribution in [1.82, 2.24) is 20.3 Å². The maximum Gasteiger partial charge on any atom is 0.407 e. The van der Waals surface area contributed by atoms with Gasteiger partial charge in [0.1, 0.15) is 6.10 Å². The van der Waals surface area contributed by atoms with E-state index in [9.17, 15) is 23.1 Å². The van der Waals surface area contributed by atoms with Crippen LogP contribution in [0.15, 0.2) is 59.5 Å². The number of aliphatic hydroxyl groups is 1. The smallest absolute Gasteiger partial charge is 0.407 e. The van der Waals surface area contributed by atoms with Gasteiger partial charge in [-0.05, 0) is 61.4 Å². The van der Waals surface area contributed by atoms with Gasteiger partial charge in [-0.25, -0.2) is 13.2 Å². The number of nitrogens with one attached hydrogen (secondary N) is 3. The molecule has 3 aliphatic heterocycles. The molecule has 46 heavy (non-hydrogen) atoms. The van der Waals surface area contributed by atoms with Crippen molar-refractivity contribution in [3.8, 4) is 0 Å².